The van der Waals surface area contributed by atoms with Gasteiger partial charge in [-0.05, 0) is 19.1 Å². The number of pyridine rings is 1. The Kier molecular flexibility index (Phi) is 3.65. The van der Waals surface area contributed by atoms with Crippen LogP contribution in [-0.2, 0) is 14.1 Å². The van der Waals surface area contributed by atoms with Crippen LogP contribution in [0.3, 0.4) is 0 Å². The van der Waals surface area contributed by atoms with Crippen molar-refractivity contribution in [1.82, 2.24) is 23.7 Å². The largest absolute Gasteiger partial charge is 0.360 e. The van der Waals surface area contributed by atoms with E-state index in [-0.39, 0.29) is 17.4 Å². The monoisotopic (exact) mass is 325 g/mol. The van der Waals surface area contributed by atoms with Crippen molar-refractivity contribution < 1.29 is 0 Å². The van der Waals surface area contributed by atoms with E-state index in [2.05, 4.69) is 15.5 Å². The maximum atomic E-state index is 12.1. The van der Waals surface area contributed by atoms with Crippen LogP contribution in [0.2, 0.25) is 0 Å². The van der Waals surface area contributed by atoms with E-state index in [0.717, 1.165) is 4.57 Å². The van der Waals surface area contributed by atoms with E-state index in [1.165, 1.54) is 18.7 Å². The van der Waals surface area contributed by atoms with Crippen molar-refractivity contribution in [3.63, 3.8) is 0 Å². The van der Waals surface area contributed by atoms with Crippen molar-refractivity contribution in [2.24, 2.45) is 14.1 Å². The Balaban J connectivity index is 2.10. The number of rotatable bonds is 3. The molecule has 0 aromatic carbocycles. The Bertz CT molecular complexity index is 1080. The second-order valence-corrected chi connectivity index (χ2v) is 5.39. The molecule has 0 amide bonds. The molecule has 3 rings (SSSR count). The summed E-state index contributed by atoms with van der Waals surface area (Å²) in [5.74, 6) is 0.758. The summed E-state index contributed by atoms with van der Waals surface area (Å²) in [6, 6.07) is 7.00. The molecule has 0 radical (unpaired) electrons. The second-order valence-electron chi connectivity index (χ2n) is 5.39. The topological polar surface area (TPSA) is 110 Å². The summed E-state index contributed by atoms with van der Waals surface area (Å²) >= 11 is 0. The van der Waals surface area contributed by atoms with Crippen molar-refractivity contribution in [2.75, 3.05) is 5.32 Å². The highest BCUT2D eigenvalue weighted by Gasteiger charge is 2.20. The van der Waals surface area contributed by atoms with Gasteiger partial charge in [-0.2, -0.15) is 5.26 Å². The summed E-state index contributed by atoms with van der Waals surface area (Å²) < 4.78 is 3.93. The first-order chi connectivity index (χ1) is 11.5. The fraction of sp³-hybridized carbons (Fsp3) is 0.267. The predicted molar refractivity (Wildman–Crippen MR) is 86.7 cm³/mol. The molecule has 0 fully saturated rings. The Hall–Kier alpha value is -3.41. The van der Waals surface area contributed by atoms with E-state index in [1.54, 1.807) is 4.40 Å². The van der Waals surface area contributed by atoms with E-state index in [0.29, 0.717) is 11.5 Å². The molecule has 0 spiro atoms. The number of hydrogen-bond donors (Lipinski definition) is 1. The van der Waals surface area contributed by atoms with Crippen LogP contribution in [0.25, 0.3) is 5.65 Å². The van der Waals surface area contributed by atoms with Crippen molar-refractivity contribution in [3.8, 4) is 6.07 Å². The van der Waals surface area contributed by atoms with Gasteiger partial charge in [0.25, 0.3) is 5.56 Å². The molecule has 0 saturated carbocycles. The number of nitrogens with one attached hydrogen (secondary N) is 1. The van der Waals surface area contributed by atoms with E-state index in [4.69, 9.17) is 0 Å². The normalized spacial score (nSPS) is 12.1. The molecule has 9 nitrogen and oxygen atoms in total. The molecule has 3 heterocycles. The van der Waals surface area contributed by atoms with Crippen molar-refractivity contribution in [1.29, 1.82) is 5.26 Å². The fourth-order valence-corrected chi connectivity index (χ4v) is 2.54. The molecule has 0 saturated heterocycles. The molecule has 1 atom stereocenters. The minimum absolute atomic E-state index is 0.125. The zero-order valence-corrected chi connectivity index (χ0v) is 13.4. The molecule has 3 aromatic heterocycles. The number of fused-ring (bicyclic) bond motifs is 1. The van der Waals surface area contributed by atoms with Crippen LogP contribution in [-0.4, -0.2) is 23.7 Å². The van der Waals surface area contributed by atoms with Gasteiger partial charge in [0, 0.05) is 20.3 Å². The molecule has 1 N–H and O–H groups in total. The lowest BCUT2D eigenvalue weighted by atomic mass is 10.2. The zero-order chi connectivity index (χ0) is 17.4. The van der Waals surface area contributed by atoms with Gasteiger partial charge >= 0.3 is 5.69 Å². The number of aromatic nitrogens is 5. The van der Waals surface area contributed by atoms with Crippen LogP contribution in [0.1, 0.15) is 24.4 Å². The number of nitriles is 1. The molecular formula is C15H15N7O2. The van der Waals surface area contributed by atoms with Gasteiger partial charge in [-0.1, -0.05) is 6.07 Å². The van der Waals surface area contributed by atoms with Gasteiger partial charge in [0.1, 0.15) is 11.9 Å². The summed E-state index contributed by atoms with van der Waals surface area (Å²) in [5.41, 5.74) is -0.596. The average Bonchev–Trinajstić information content (AvgIpc) is 3.02. The third kappa shape index (κ3) is 2.25. The van der Waals surface area contributed by atoms with Crippen LogP contribution in [0, 0.1) is 11.3 Å². The van der Waals surface area contributed by atoms with Gasteiger partial charge in [-0.15, -0.1) is 10.2 Å². The molecule has 0 aliphatic carbocycles. The molecular weight excluding hydrogens is 310 g/mol. The van der Waals surface area contributed by atoms with Gasteiger partial charge in [0.2, 0.25) is 0 Å². The first-order valence-corrected chi connectivity index (χ1v) is 7.22. The lowest BCUT2D eigenvalue weighted by Crippen LogP contribution is -2.40. The maximum absolute atomic E-state index is 12.1. The highest BCUT2D eigenvalue weighted by atomic mass is 16.2. The molecule has 1 unspecified atom stereocenters. The highest BCUT2D eigenvalue weighted by molar-refractivity contribution is 5.52. The van der Waals surface area contributed by atoms with Gasteiger partial charge in [-0.3, -0.25) is 18.3 Å². The van der Waals surface area contributed by atoms with Crippen LogP contribution < -0.4 is 16.6 Å². The summed E-state index contributed by atoms with van der Waals surface area (Å²) in [5, 5.41) is 20.5. The number of anilines is 1. The molecule has 3 aromatic rings. The molecule has 24 heavy (non-hydrogen) atoms. The number of nitrogens with zero attached hydrogens (tertiary/aromatic N) is 6. The van der Waals surface area contributed by atoms with Crippen LogP contribution in [0.15, 0.2) is 34.0 Å². The molecule has 0 aliphatic rings. The zero-order valence-electron chi connectivity index (χ0n) is 13.4. The standard InChI is InChI=1S/C15H15N7O2/c1-9(12-19-18-11-6-4-5-7-22(11)12)17-13-10(8-16)14(23)21(3)15(24)20(13)2/h4-7,9,17H,1-3H3. The SMILES string of the molecule is CC(Nc1c(C#N)c(=O)n(C)c(=O)n1C)c1nnc2ccccn12. The molecule has 122 valence electrons. The Labute approximate surface area is 136 Å². The lowest BCUT2D eigenvalue weighted by molar-refractivity contribution is 0.671. The molecule has 9 heteroatoms. The van der Waals surface area contributed by atoms with E-state index < -0.39 is 11.2 Å². The first kappa shape index (κ1) is 15.5. The van der Waals surface area contributed by atoms with Crippen LogP contribution >= 0.6 is 0 Å². The van der Waals surface area contributed by atoms with E-state index >= 15 is 0 Å². The Morgan fingerprint density at radius 2 is 1.96 bits per heavy atom. The summed E-state index contributed by atoms with van der Waals surface area (Å²) in [7, 11) is 2.84. The first-order valence-electron chi connectivity index (χ1n) is 7.22. The minimum atomic E-state index is -0.638. The van der Waals surface area contributed by atoms with Crippen molar-refractivity contribution in [3.05, 3.63) is 56.6 Å². The van der Waals surface area contributed by atoms with Crippen LogP contribution in [0.5, 0.6) is 0 Å². The average molecular weight is 325 g/mol. The highest BCUT2D eigenvalue weighted by Crippen LogP contribution is 2.18. The van der Waals surface area contributed by atoms with Gasteiger partial charge in [0.15, 0.2) is 17.0 Å². The Morgan fingerprint density at radius 3 is 2.67 bits per heavy atom. The predicted octanol–water partition coefficient (Wildman–Crippen LogP) is 0.171. The number of hydrogen-bond acceptors (Lipinski definition) is 6. The fourth-order valence-electron chi connectivity index (χ4n) is 2.54. The molecule has 0 aliphatic heterocycles. The van der Waals surface area contributed by atoms with Gasteiger partial charge in [-0.25, -0.2) is 4.79 Å². The second kappa shape index (κ2) is 5.66. The molecule has 0 bridgehead atoms. The smallest absolute Gasteiger partial charge is 0.332 e. The van der Waals surface area contributed by atoms with E-state index in [1.807, 2.05) is 37.4 Å². The summed E-state index contributed by atoms with van der Waals surface area (Å²) in [6.07, 6.45) is 1.82. The third-order valence-corrected chi connectivity index (χ3v) is 3.86. The van der Waals surface area contributed by atoms with E-state index in [9.17, 15) is 14.9 Å². The van der Waals surface area contributed by atoms with Crippen molar-refractivity contribution >= 4 is 11.5 Å². The summed E-state index contributed by atoms with van der Waals surface area (Å²) in [4.78, 5) is 24.2. The van der Waals surface area contributed by atoms with Crippen molar-refractivity contribution in [2.45, 2.75) is 13.0 Å². The quantitative estimate of drug-likeness (QED) is 0.735. The van der Waals surface area contributed by atoms with Crippen LogP contribution in [0.4, 0.5) is 5.82 Å². The third-order valence-electron chi connectivity index (χ3n) is 3.86. The minimum Gasteiger partial charge on any atom is -0.360 e. The van der Waals surface area contributed by atoms with Gasteiger partial charge in [0.05, 0.1) is 6.04 Å². The lowest BCUT2D eigenvalue weighted by Gasteiger charge is -2.18. The maximum Gasteiger partial charge on any atom is 0.332 e. The Morgan fingerprint density at radius 1 is 1.21 bits per heavy atom. The summed E-state index contributed by atoms with van der Waals surface area (Å²) in [6.45, 7) is 1.81. The van der Waals surface area contributed by atoms with Gasteiger partial charge < -0.3 is 5.32 Å².